The number of urea groups is 1. The van der Waals surface area contributed by atoms with Gasteiger partial charge < -0.3 is 20.6 Å². The molecule has 0 aliphatic carbocycles. The normalized spacial score (nSPS) is 24.6. The number of carbonyl (C=O) groups excluding carboxylic acids is 1. The van der Waals surface area contributed by atoms with E-state index in [1.54, 1.807) is 0 Å². The van der Waals surface area contributed by atoms with Crippen LogP contribution in [0.3, 0.4) is 0 Å². The van der Waals surface area contributed by atoms with Gasteiger partial charge in [-0.15, -0.1) is 0 Å². The topological polar surface area (TPSA) is 67.8 Å². The number of nitrogens with zero attached hydrogens (tertiary/aromatic N) is 2. The average Bonchev–Trinajstić information content (AvgIpc) is 3.45. The van der Waals surface area contributed by atoms with E-state index in [0.29, 0.717) is 6.04 Å². The molecule has 6 nitrogen and oxygen atoms in total. The molecule has 0 saturated carbocycles. The summed E-state index contributed by atoms with van der Waals surface area (Å²) in [5.74, 6) is 1.23. The van der Waals surface area contributed by atoms with Crippen molar-refractivity contribution in [2.45, 2.75) is 42.7 Å². The standard InChI is InChI=1S/C26H34N4O2S/c31-22(16-30-17-23-14-21(30)18-33-23)15-29-12-10-20(11-13-29)27-26(32)28-25-9-5-4-8-24(25)19-6-2-1-3-7-19/h1-9,20-23,31H,10-18H2,(H2,27,28,32)/t21-,22?,23+/m0/s1. The van der Waals surface area contributed by atoms with E-state index in [9.17, 15) is 9.90 Å². The highest BCUT2D eigenvalue weighted by Gasteiger charge is 2.39. The molecular formula is C26H34N4O2S. The van der Waals surface area contributed by atoms with Crippen LogP contribution >= 0.6 is 11.8 Å². The molecular weight excluding hydrogens is 432 g/mol. The number of hydrogen-bond donors (Lipinski definition) is 3. The van der Waals surface area contributed by atoms with Crippen LogP contribution in [0.4, 0.5) is 10.5 Å². The lowest BCUT2D eigenvalue weighted by molar-refractivity contribution is 0.0618. The second kappa shape index (κ2) is 10.5. The Hall–Kier alpha value is -2.06. The van der Waals surface area contributed by atoms with Crippen LogP contribution in [-0.2, 0) is 0 Å². The highest BCUT2D eigenvalue weighted by atomic mass is 32.2. The van der Waals surface area contributed by atoms with Crippen molar-refractivity contribution < 1.29 is 9.90 Å². The molecule has 3 aliphatic rings. The number of nitrogens with one attached hydrogen (secondary N) is 2. The van der Waals surface area contributed by atoms with Crippen LogP contribution in [0.15, 0.2) is 54.6 Å². The van der Waals surface area contributed by atoms with Gasteiger partial charge in [0.2, 0.25) is 0 Å². The molecule has 0 aromatic heterocycles. The Morgan fingerprint density at radius 1 is 1.06 bits per heavy atom. The number of rotatable bonds is 7. The summed E-state index contributed by atoms with van der Waals surface area (Å²) in [4.78, 5) is 17.5. The molecule has 5 rings (SSSR count). The number of aliphatic hydroxyl groups excluding tert-OH is 1. The van der Waals surface area contributed by atoms with Gasteiger partial charge in [0.05, 0.1) is 11.8 Å². The smallest absolute Gasteiger partial charge is 0.319 e. The van der Waals surface area contributed by atoms with Gasteiger partial charge in [-0.1, -0.05) is 48.5 Å². The Labute approximate surface area is 200 Å². The van der Waals surface area contributed by atoms with E-state index in [2.05, 4.69) is 44.3 Å². The first kappa shape index (κ1) is 22.7. The summed E-state index contributed by atoms with van der Waals surface area (Å²) in [6, 6.07) is 18.7. The van der Waals surface area contributed by atoms with Gasteiger partial charge >= 0.3 is 6.03 Å². The number of aliphatic hydroxyl groups is 1. The van der Waals surface area contributed by atoms with Gasteiger partial charge in [-0.3, -0.25) is 4.90 Å². The molecule has 1 unspecified atom stereocenters. The number of thioether (sulfide) groups is 1. The molecule has 176 valence electrons. The minimum absolute atomic E-state index is 0.154. The van der Waals surface area contributed by atoms with Crippen molar-refractivity contribution in [3.05, 3.63) is 54.6 Å². The van der Waals surface area contributed by atoms with Crippen LogP contribution in [0, 0.1) is 0 Å². The maximum absolute atomic E-state index is 12.7. The summed E-state index contributed by atoms with van der Waals surface area (Å²) < 4.78 is 0. The van der Waals surface area contributed by atoms with Crippen molar-refractivity contribution in [1.29, 1.82) is 0 Å². The Bertz CT molecular complexity index is 935. The number of hydrogen-bond acceptors (Lipinski definition) is 5. The van der Waals surface area contributed by atoms with Crippen LogP contribution in [0.25, 0.3) is 11.1 Å². The first-order chi connectivity index (χ1) is 16.1. The Kier molecular flexibility index (Phi) is 7.21. The molecule has 2 amide bonds. The molecule has 3 atom stereocenters. The lowest BCUT2D eigenvalue weighted by atomic mass is 10.0. The summed E-state index contributed by atoms with van der Waals surface area (Å²) in [7, 11) is 0. The first-order valence-electron chi connectivity index (χ1n) is 12.1. The summed E-state index contributed by atoms with van der Waals surface area (Å²) in [6.45, 7) is 4.48. The second-order valence-corrected chi connectivity index (χ2v) is 10.9. The number of amides is 2. The quantitative estimate of drug-likeness (QED) is 0.583. The molecule has 3 aliphatic heterocycles. The third kappa shape index (κ3) is 5.72. The Balaban J connectivity index is 1.06. The zero-order chi connectivity index (χ0) is 22.6. The van der Waals surface area contributed by atoms with Crippen LogP contribution in [0.5, 0.6) is 0 Å². The highest BCUT2D eigenvalue weighted by molar-refractivity contribution is 8.00. The van der Waals surface area contributed by atoms with E-state index < -0.39 is 0 Å². The van der Waals surface area contributed by atoms with Crippen LogP contribution in [0.1, 0.15) is 19.3 Å². The maximum atomic E-state index is 12.7. The van der Waals surface area contributed by atoms with E-state index in [4.69, 9.17) is 0 Å². The van der Waals surface area contributed by atoms with Crippen molar-refractivity contribution in [1.82, 2.24) is 15.1 Å². The SMILES string of the molecule is O=C(Nc1ccccc1-c1ccccc1)NC1CCN(CC(O)CN2C[C@H]3C[C@H]2CS3)CC1. The molecule has 2 aromatic carbocycles. The molecule has 33 heavy (non-hydrogen) atoms. The molecule has 2 aromatic rings. The molecule has 3 saturated heterocycles. The maximum Gasteiger partial charge on any atom is 0.319 e. The van der Waals surface area contributed by atoms with Gasteiger partial charge in [0.1, 0.15) is 0 Å². The van der Waals surface area contributed by atoms with E-state index in [1.807, 2.05) is 42.5 Å². The first-order valence-corrected chi connectivity index (χ1v) is 13.2. The molecule has 7 heteroatoms. The van der Waals surface area contributed by atoms with Gasteiger partial charge in [-0.05, 0) is 30.9 Å². The second-order valence-electron chi connectivity index (χ2n) is 9.54. The molecule has 0 radical (unpaired) electrons. The predicted molar refractivity (Wildman–Crippen MR) is 136 cm³/mol. The van der Waals surface area contributed by atoms with Crippen LogP contribution < -0.4 is 10.6 Å². The summed E-state index contributed by atoms with van der Waals surface area (Å²) >= 11 is 2.09. The fourth-order valence-electron chi connectivity index (χ4n) is 5.39. The minimum atomic E-state index is -0.295. The van der Waals surface area contributed by atoms with Crippen LogP contribution in [0.2, 0.25) is 0 Å². The zero-order valence-corrected chi connectivity index (χ0v) is 19.8. The molecule has 3 heterocycles. The molecule has 0 spiro atoms. The number of piperidine rings is 1. The van der Waals surface area contributed by atoms with Gasteiger partial charge in [0.25, 0.3) is 0 Å². The number of anilines is 1. The third-order valence-corrected chi connectivity index (χ3v) is 8.50. The van der Waals surface area contributed by atoms with Crippen molar-refractivity contribution in [2.75, 3.05) is 43.8 Å². The van der Waals surface area contributed by atoms with Crippen molar-refractivity contribution in [2.24, 2.45) is 0 Å². The monoisotopic (exact) mass is 466 g/mol. The zero-order valence-electron chi connectivity index (χ0n) is 19.0. The van der Waals surface area contributed by atoms with Gasteiger partial charge in [0, 0.05) is 61.4 Å². The summed E-state index contributed by atoms with van der Waals surface area (Å²) in [6.07, 6.45) is 2.82. The number of β-amino-alcohol motifs (C(OH)–C–C–N with tert-alkyl or cyclic N) is 1. The number of fused-ring (bicyclic) bond motifs is 2. The minimum Gasteiger partial charge on any atom is -0.390 e. The lowest BCUT2D eigenvalue weighted by Gasteiger charge is -2.35. The number of para-hydroxylation sites is 1. The van der Waals surface area contributed by atoms with E-state index in [-0.39, 0.29) is 18.2 Å². The number of likely N-dealkylation sites (tertiary alicyclic amines) is 2. The van der Waals surface area contributed by atoms with Gasteiger partial charge in [-0.2, -0.15) is 11.8 Å². The van der Waals surface area contributed by atoms with E-state index >= 15 is 0 Å². The van der Waals surface area contributed by atoms with E-state index in [0.717, 1.165) is 67.6 Å². The highest BCUT2D eigenvalue weighted by Crippen LogP contribution is 2.37. The fourth-order valence-corrected chi connectivity index (χ4v) is 6.89. The molecule has 2 bridgehead atoms. The number of carbonyl (C=O) groups is 1. The van der Waals surface area contributed by atoms with Crippen molar-refractivity contribution >= 4 is 23.5 Å². The van der Waals surface area contributed by atoms with Crippen LogP contribution in [-0.4, -0.2) is 82.9 Å². The van der Waals surface area contributed by atoms with Crippen molar-refractivity contribution in [3.8, 4) is 11.1 Å². The lowest BCUT2D eigenvalue weighted by Crippen LogP contribution is -2.49. The number of benzene rings is 2. The van der Waals surface area contributed by atoms with Gasteiger partial charge in [0.15, 0.2) is 0 Å². The largest absolute Gasteiger partial charge is 0.390 e. The molecule has 3 N–H and O–H groups in total. The van der Waals surface area contributed by atoms with Crippen molar-refractivity contribution in [3.63, 3.8) is 0 Å². The summed E-state index contributed by atoms with van der Waals surface area (Å²) in [5, 5.41) is 17.6. The fraction of sp³-hybridized carbons (Fsp3) is 0.500. The van der Waals surface area contributed by atoms with Gasteiger partial charge in [-0.25, -0.2) is 4.79 Å². The Morgan fingerprint density at radius 2 is 1.82 bits per heavy atom. The predicted octanol–water partition coefficient (Wildman–Crippen LogP) is 3.49. The average molecular weight is 467 g/mol. The molecule has 3 fully saturated rings. The Morgan fingerprint density at radius 3 is 2.55 bits per heavy atom. The summed E-state index contributed by atoms with van der Waals surface area (Å²) in [5.41, 5.74) is 2.92. The van der Waals surface area contributed by atoms with E-state index in [1.165, 1.54) is 12.2 Å². The third-order valence-electron chi connectivity index (χ3n) is 7.11.